The minimum absolute atomic E-state index is 0.0520. The zero-order valence-corrected chi connectivity index (χ0v) is 8.88. The monoisotopic (exact) mass is 201 g/mol. The lowest BCUT2D eigenvalue weighted by molar-refractivity contribution is 0.0649. The highest BCUT2D eigenvalue weighted by Crippen LogP contribution is 2.27. The first-order chi connectivity index (χ1) is 6.68. The molecule has 0 aromatic carbocycles. The van der Waals surface area contributed by atoms with Gasteiger partial charge in [-0.1, -0.05) is 20.3 Å². The molecule has 0 aromatic heterocycles. The molecule has 4 heteroatoms. The molecule has 1 aliphatic rings. The maximum absolute atomic E-state index is 11.1. The number of nitrogens with one attached hydrogen (secondary N) is 1. The van der Waals surface area contributed by atoms with Gasteiger partial charge < -0.3 is 15.2 Å². The summed E-state index contributed by atoms with van der Waals surface area (Å²) in [5.74, 6) is 0. The minimum Gasteiger partial charge on any atom is -0.444 e. The van der Waals surface area contributed by atoms with Crippen molar-refractivity contribution in [1.82, 2.24) is 5.32 Å². The molecule has 0 spiro atoms. The highest BCUT2D eigenvalue weighted by Gasteiger charge is 2.46. The second-order valence-corrected chi connectivity index (χ2v) is 3.83. The molecule has 82 valence electrons. The number of amides is 1. The third kappa shape index (κ3) is 2.00. The van der Waals surface area contributed by atoms with E-state index in [2.05, 4.69) is 12.2 Å². The Labute approximate surface area is 84.6 Å². The predicted octanol–water partition coefficient (Wildman–Crippen LogP) is 1.43. The molecule has 1 amide bonds. The lowest BCUT2D eigenvalue weighted by Gasteiger charge is -2.29. The summed E-state index contributed by atoms with van der Waals surface area (Å²) in [5, 5.41) is 12.0. The van der Waals surface area contributed by atoms with E-state index in [0.29, 0.717) is 6.42 Å². The maximum atomic E-state index is 11.1. The van der Waals surface area contributed by atoms with Crippen LogP contribution in [0.5, 0.6) is 0 Å². The van der Waals surface area contributed by atoms with E-state index in [0.717, 1.165) is 19.3 Å². The Morgan fingerprint density at radius 1 is 1.57 bits per heavy atom. The molecule has 0 radical (unpaired) electrons. The third-order valence-corrected chi connectivity index (χ3v) is 2.95. The van der Waals surface area contributed by atoms with E-state index in [-0.39, 0.29) is 12.7 Å². The fourth-order valence-electron chi connectivity index (χ4n) is 1.85. The Balaban J connectivity index is 2.65. The van der Waals surface area contributed by atoms with Crippen LogP contribution in [0.2, 0.25) is 0 Å². The molecule has 0 aromatic rings. The largest absolute Gasteiger partial charge is 0.444 e. The van der Waals surface area contributed by atoms with Gasteiger partial charge in [0.15, 0.2) is 0 Å². The van der Waals surface area contributed by atoms with E-state index in [1.165, 1.54) is 0 Å². The van der Waals surface area contributed by atoms with Crippen molar-refractivity contribution in [1.29, 1.82) is 0 Å². The number of carbonyl (C=O) groups excluding carboxylic acids is 1. The van der Waals surface area contributed by atoms with Crippen molar-refractivity contribution < 1.29 is 14.6 Å². The molecule has 0 saturated carbocycles. The van der Waals surface area contributed by atoms with E-state index >= 15 is 0 Å². The molecule has 1 fully saturated rings. The van der Waals surface area contributed by atoms with Gasteiger partial charge >= 0.3 is 6.09 Å². The molecule has 0 unspecified atom stereocenters. The minimum atomic E-state index is -0.549. The van der Waals surface area contributed by atoms with Gasteiger partial charge in [0.25, 0.3) is 0 Å². The first-order valence-electron chi connectivity index (χ1n) is 5.28. The number of ether oxygens (including phenoxy) is 1. The number of carbonyl (C=O) groups is 1. The molecular formula is C10H19NO3. The normalized spacial score (nSPS) is 31.4. The molecule has 0 aliphatic carbocycles. The molecule has 14 heavy (non-hydrogen) atoms. The van der Waals surface area contributed by atoms with Crippen molar-refractivity contribution in [3.8, 4) is 0 Å². The molecular weight excluding hydrogens is 182 g/mol. The van der Waals surface area contributed by atoms with E-state index in [9.17, 15) is 9.90 Å². The van der Waals surface area contributed by atoms with Crippen LogP contribution in [0.4, 0.5) is 4.79 Å². The molecule has 1 rings (SSSR count). The van der Waals surface area contributed by atoms with Gasteiger partial charge in [-0.05, 0) is 19.3 Å². The Bertz CT molecular complexity index is 202. The summed E-state index contributed by atoms with van der Waals surface area (Å²) in [6.07, 6.45) is 3.03. The number of unbranched alkanes of at least 4 members (excludes halogenated alkanes) is 1. The number of hydrogen-bond donors (Lipinski definition) is 2. The third-order valence-electron chi connectivity index (χ3n) is 2.95. The summed E-state index contributed by atoms with van der Waals surface area (Å²) in [6.45, 7) is 3.99. The van der Waals surface area contributed by atoms with Crippen molar-refractivity contribution in [3.63, 3.8) is 0 Å². The van der Waals surface area contributed by atoms with Crippen LogP contribution in [0.3, 0.4) is 0 Å². The zero-order valence-electron chi connectivity index (χ0n) is 8.88. The van der Waals surface area contributed by atoms with Crippen LogP contribution in [0, 0.1) is 0 Å². The average molecular weight is 201 g/mol. The van der Waals surface area contributed by atoms with Gasteiger partial charge in [0.05, 0.1) is 6.61 Å². The van der Waals surface area contributed by atoms with Gasteiger partial charge in [-0.15, -0.1) is 0 Å². The van der Waals surface area contributed by atoms with E-state index in [1.54, 1.807) is 0 Å². The van der Waals surface area contributed by atoms with Crippen molar-refractivity contribution in [2.75, 3.05) is 6.61 Å². The van der Waals surface area contributed by atoms with Crippen LogP contribution in [0.1, 0.15) is 39.5 Å². The Kier molecular flexibility index (Phi) is 3.75. The summed E-state index contributed by atoms with van der Waals surface area (Å²) in [7, 11) is 0. The second-order valence-electron chi connectivity index (χ2n) is 3.83. The van der Waals surface area contributed by atoms with E-state index in [1.807, 2.05) is 6.92 Å². The Hall–Kier alpha value is -0.770. The summed E-state index contributed by atoms with van der Waals surface area (Å²) in [4.78, 5) is 11.1. The maximum Gasteiger partial charge on any atom is 0.408 e. The summed E-state index contributed by atoms with van der Waals surface area (Å²) in [5.41, 5.74) is -0.549. The van der Waals surface area contributed by atoms with Crippen LogP contribution in [0.25, 0.3) is 0 Å². The van der Waals surface area contributed by atoms with Crippen LogP contribution >= 0.6 is 0 Å². The van der Waals surface area contributed by atoms with Crippen molar-refractivity contribution >= 4 is 6.09 Å². The Morgan fingerprint density at radius 2 is 2.29 bits per heavy atom. The highest BCUT2D eigenvalue weighted by atomic mass is 16.6. The van der Waals surface area contributed by atoms with Crippen molar-refractivity contribution in [3.05, 3.63) is 0 Å². The predicted molar refractivity (Wildman–Crippen MR) is 53.0 cm³/mol. The van der Waals surface area contributed by atoms with Crippen molar-refractivity contribution in [2.24, 2.45) is 0 Å². The van der Waals surface area contributed by atoms with Gasteiger partial charge in [-0.25, -0.2) is 4.79 Å². The fraction of sp³-hybridized carbons (Fsp3) is 0.900. The molecule has 1 heterocycles. The second kappa shape index (κ2) is 4.64. The SMILES string of the molecule is CCCC[C@H]1OC(=O)N[C@]1(CC)CO. The quantitative estimate of drug-likeness (QED) is 0.707. The lowest BCUT2D eigenvalue weighted by Crippen LogP contribution is -2.51. The van der Waals surface area contributed by atoms with Crippen LogP contribution < -0.4 is 5.32 Å². The van der Waals surface area contributed by atoms with Crippen LogP contribution in [-0.2, 0) is 4.74 Å². The number of cyclic esters (lactones) is 1. The number of aliphatic hydroxyl groups excluding tert-OH is 1. The smallest absolute Gasteiger partial charge is 0.408 e. The number of alkyl carbamates (subject to hydrolysis) is 1. The first kappa shape index (κ1) is 11.3. The van der Waals surface area contributed by atoms with Gasteiger partial charge in [-0.2, -0.15) is 0 Å². The van der Waals surface area contributed by atoms with Gasteiger partial charge in [-0.3, -0.25) is 0 Å². The summed E-state index contributed by atoms with van der Waals surface area (Å²) < 4.78 is 5.15. The number of rotatable bonds is 5. The van der Waals surface area contributed by atoms with E-state index < -0.39 is 11.6 Å². The average Bonchev–Trinajstić information content (AvgIpc) is 2.52. The molecule has 0 bridgehead atoms. The highest BCUT2D eigenvalue weighted by molar-refractivity contribution is 5.71. The molecule has 2 N–H and O–H groups in total. The number of aliphatic hydroxyl groups is 1. The van der Waals surface area contributed by atoms with Crippen molar-refractivity contribution in [2.45, 2.75) is 51.2 Å². The fourth-order valence-corrected chi connectivity index (χ4v) is 1.85. The molecule has 1 saturated heterocycles. The van der Waals surface area contributed by atoms with E-state index in [4.69, 9.17) is 4.74 Å². The summed E-state index contributed by atoms with van der Waals surface area (Å²) in [6, 6.07) is 0. The first-order valence-corrected chi connectivity index (χ1v) is 5.28. The van der Waals surface area contributed by atoms with Gasteiger partial charge in [0.2, 0.25) is 0 Å². The van der Waals surface area contributed by atoms with Gasteiger partial charge in [0, 0.05) is 0 Å². The lowest BCUT2D eigenvalue weighted by atomic mass is 9.88. The standard InChI is InChI=1S/C10H19NO3/c1-3-5-6-8-10(4-2,7-12)11-9(13)14-8/h8,12H,3-7H2,1-2H3,(H,11,13)/t8-,10-/m1/s1. The number of hydrogen-bond acceptors (Lipinski definition) is 3. The zero-order chi connectivity index (χ0) is 10.6. The molecule has 1 aliphatic heterocycles. The van der Waals surface area contributed by atoms with Gasteiger partial charge in [0.1, 0.15) is 11.6 Å². The molecule has 2 atom stereocenters. The van der Waals surface area contributed by atoms with Crippen LogP contribution in [-0.4, -0.2) is 29.4 Å². The van der Waals surface area contributed by atoms with Crippen LogP contribution in [0.15, 0.2) is 0 Å². The topological polar surface area (TPSA) is 58.6 Å². The summed E-state index contributed by atoms with van der Waals surface area (Å²) >= 11 is 0. The Morgan fingerprint density at radius 3 is 2.79 bits per heavy atom. The molecule has 4 nitrogen and oxygen atoms in total.